The van der Waals surface area contributed by atoms with Crippen LogP contribution in [-0.4, -0.2) is 22.7 Å². The molecule has 4 rings (SSSR count). The summed E-state index contributed by atoms with van der Waals surface area (Å²) in [4.78, 5) is 28.9. The number of anilines is 1. The number of aromatic nitrogens is 1. The van der Waals surface area contributed by atoms with Gasteiger partial charge in [-0.2, -0.15) is 0 Å². The number of ketones is 1. The Kier molecular flexibility index (Phi) is 4.58. The van der Waals surface area contributed by atoms with Crippen LogP contribution in [0.25, 0.3) is 11.1 Å². The van der Waals surface area contributed by atoms with Gasteiger partial charge in [-0.15, -0.1) is 0 Å². The van der Waals surface area contributed by atoms with Crippen molar-refractivity contribution < 1.29 is 9.59 Å². The molecule has 6 heteroatoms. The molecule has 1 aliphatic carbocycles. The van der Waals surface area contributed by atoms with E-state index in [0.717, 1.165) is 22.9 Å². The lowest BCUT2D eigenvalue weighted by atomic mass is 9.96. The normalized spacial score (nSPS) is 13.4. The maximum absolute atomic E-state index is 13.1. The number of hydrogen-bond donors (Lipinski definition) is 3. The Bertz CT molecular complexity index is 1010. The van der Waals surface area contributed by atoms with E-state index in [4.69, 9.17) is 5.73 Å². The van der Waals surface area contributed by atoms with Crippen LogP contribution >= 0.6 is 15.9 Å². The Labute approximate surface area is 165 Å². The van der Waals surface area contributed by atoms with Gasteiger partial charge in [-0.25, -0.2) is 0 Å². The standard InChI is InChI=1S/C21H18BrN3O2/c22-14-8-6-12(7-9-14)16-17(21(27)24-15-10-11-15)20(23)25-18(16)19(26)13-4-2-1-3-5-13/h1-9,15,25H,10-11,23H2,(H,24,27). The number of carbonyl (C=O) groups is 2. The quantitative estimate of drug-likeness (QED) is 0.538. The van der Waals surface area contributed by atoms with Crippen LogP contribution in [0.5, 0.6) is 0 Å². The van der Waals surface area contributed by atoms with Crippen molar-refractivity contribution in [3.8, 4) is 11.1 Å². The van der Waals surface area contributed by atoms with Gasteiger partial charge in [-0.05, 0) is 30.5 Å². The molecule has 0 atom stereocenters. The maximum Gasteiger partial charge on any atom is 0.255 e. The minimum Gasteiger partial charge on any atom is -0.385 e. The Morgan fingerprint density at radius 3 is 2.33 bits per heavy atom. The van der Waals surface area contributed by atoms with Crippen LogP contribution in [0.4, 0.5) is 5.82 Å². The predicted octanol–water partition coefficient (Wildman–Crippen LogP) is 4.15. The topological polar surface area (TPSA) is 88.0 Å². The zero-order chi connectivity index (χ0) is 19.0. The highest BCUT2D eigenvalue weighted by molar-refractivity contribution is 9.10. The van der Waals surface area contributed by atoms with E-state index in [0.29, 0.717) is 22.4 Å². The minimum absolute atomic E-state index is 0.192. The summed E-state index contributed by atoms with van der Waals surface area (Å²) in [6.45, 7) is 0. The molecule has 1 heterocycles. The number of nitrogens with two attached hydrogens (primary N) is 1. The molecule has 136 valence electrons. The number of amides is 1. The summed E-state index contributed by atoms with van der Waals surface area (Å²) in [5, 5.41) is 2.97. The molecule has 2 aromatic carbocycles. The second-order valence-corrected chi connectivity index (χ2v) is 7.53. The summed E-state index contributed by atoms with van der Waals surface area (Å²) in [5.74, 6) is -0.257. The molecule has 4 N–H and O–H groups in total. The van der Waals surface area contributed by atoms with Gasteiger partial charge in [0, 0.05) is 21.6 Å². The van der Waals surface area contributed by atoms with Crippen molar-refractivity contribution in [3.05, 3.63) is 75.9 Å². The first kappa shape index (κ1) is 17.5. The summed E-state index contributed by atoms with van der Waals surface area (Å²) in [6, 6.07) is 16.6. The number of rotatable bonds is 5. The molecule has 0 bridgehead atoms. The van der Waals surface area contributed by atoms with Crippen LogP contribution in [0.3, 0.4) is 0 Å². The fourth-order valence-corrected chi connectivity index (χ4v) is 3.31. The van der Waals surface area contributed by atoms with Gasteiger partial charge >= 0.3 is 0 Å². The van der Waals surface area contributed by atoms with Crippen molar-refractivity contribution in [2.75, 3.05) is 5.73 Å². The first-order valence-corrected chi connectivity index (χ1v) is 9.52. The molecule has 1 fully saturated rings. The molecule has 0 unspecified atom stereocenters. The lowest BCUT2D eigenvalue weighted by Gasteiger charge is -2.09. The van der Waals surface area contributed by atoms with Crippen molar-refractivity contribution in [2.24, 2.45) is 0 Å². The second kappa shape index (κ2) is 7.04. The molecule has 27 heavy (non-hydrogen) atoms. The van der Waals surface area contributed by atoms with Gasteiger partial charge in [0.05, 0.1) is 11.3 Å². The van der Waals surface area contributed by atoms with Gasteiger partial charge in [0.25, 0.3) is 5.91 Å². The van der Waals surface area contributed by atoms with E-state index in [2.05, 4.69) is 26.2 Å². The lowest BCUT2D eigenvalue weighted by molar-refractivity contribution is 0.0952. The predicted molar refractivity (Wildman–Crippen MR) is 109 cm³/mol. The number of benzene rings is 2. The minimum atomic E-state index is -0.253. The van der Waals surface area contributed by atoms with Gasteiger partial charge in [0.1, 0.15) is 5.82 Å². The summed E-state index contributed by atoms with van der Waals surface area (Å²) in [7, 11) is 0. The Balaban J connectivity index is 1.86. The first-order valence-electron chi connectivity index (χ1n) is 8.72. The van der Waals surface area contributed by atoms with E-state index >= 15 is 0 Å². The number of hydrogen-bond acceptors (Lipinski definition) is 3. The van der Waals surface area contributed by atoms with E-state index in [1.807, 2.05) is 30.3 Å². The molecule has 0 spiro atoms. The Morgan fingerprint density at radius 2 is 1.70 bits per heavy atom. The van der Waals surface area contributed by atoms with Crippen molar-refractivity contribution >= 4 is 33.4 Å². The summed E-state index contributed by atoms with van der Waals surface area (Å²) in [5.41, 5.74) is 8.61. The van der Waals surface area contributed by atoms with Gasteiger partial charge in [0.2, 0.25) is 5.78 Å². The third kappa shape index (κ3) is 3.53. The van der Waals surface area contributed by atoms with Crippen LogP contribution in [0.15, 0.2) is 59.1 Å². The molecule has 1 saturated carbocycles. The number of aromatic amines is 1. The molecule has 0 aliphatic heterocycles. The van der Waals surface area contributed by atoms with Crippen molar-refractivity contribution in [1.29, 1.82) is 0 Å². The average molecular weight is 424 g/mol. The molecule has 1 aliphatic rings. The second-order valence-electron chi connectivity index (χ2n) is 6.61. The average Bonchev–Trinajstić information content (AvgIpc) is 3.42. The van der Waals surface area contributed by atoms with Crippen LogP contribution < -0.4 is 11.1 Å². The van der Waals surface area contributed by atoms with Crippen LogP contribution in [-0.2, 0) is 0 Å². The van der Waals surface area contributed by atoms with E-state index in [1.54, 1.807) is 24.3 Å². The first-order chi connectivity index (χ1) is 13.0. The fourth-order valence-electron chi connectivity index (χ4n) is 3.05. The number of halogens is 1. The third-order valence-corrected chi connectivity index (χ3v) is 5.09. The molecule has 1 amide bonds. The fraction of sp³-hybridized carbons (Fsp3) is 0.143. The van der Waals surface area contributed by atoms with Gasteiger partial charge in [-0.3, -0.25) is 9.59 Å². The van der Waals surface area contributed by atoms with Gasteiger partial charge < -0.3 is 16.0 Å². The number of carbonyl (C=O) groups excluding carboxylic acids is 2. The van der Waals surface area contributed by atoms with E-state index in [1.165, 1.54) is 0 Å². The summed E-state index contributed by atoms with van der Waals surface area (Å²) in [6.07, 6.45) is 1.94. The molecule has 1 aromatic heterocycles. The summed E-state index contributed by atoms with van der Waals surface area (Å²) >= 11 is 3.42. The number of nitrogen functional groups attached to an aromatic ring is 1. The molecule has 0 radical (unpaired) electrons. The SMILES string of the molecule is Nc1[nH]c(C(=O)c2ccccc2)c(-c2ccc(Br)cc2)c1C(=O)NC1CC1. The number of H-pyrrole nitrogens is 1. The zero-order valence-electron chi connectivity index (χ0n) is 14.5. The molecule has 5 nitrogen and oxygen atoms in total. The Hall–Kier alpha value is -2.86. The number of nitrogens with one attached hydrogen (secondary N) is 2. The molecule has 0 saturated heterocycles. The van der Waals surface area contributed by atoms with Crippen molar-refractivity contribution in [2.45, 2.75) is 18.9 Å². The highest BCUT2D eigenvalue weighted by Crippen LogP contribution is 2.34. The maximum atomic E-state index is 13.1. The zero-order valence-corrected chi connectivity index (χ0v) is 16.0. The molecular formula is C21H18BrN3O2. The highest BCUT2D eigenvalue weighted by Gasteiger charge is 2.30. The van der Waals surface area contributed by atoms with Crippen molar-refractivity contribution in [1.82, 2.24) is 10.3 Å². The monoisotopic (exact) mass is 423 g/mol. The highest BCUT2D eigenvalue weighted by atomic mass is 79.9. The van der Waals surface area contributed by atoms with E-state index in [9.17, 15) is 9.59 Å². The lowest BCUT2D eigenvalue weighted by Crippen LogP contribution is -2.26. The smallest absolute Gasteiger partial charge is 0.255 e. The summed E-state index contributed by atoms with van der Waals surface area (Å²) < 4.78 is 0.912. The van der Waals surface area contributed by atoms with Crippen LogP contribution in [0.2, 0.25) is 0 Å². The van der Waals surface area contributed by atoms with Crippen LogP contribution in [0, 0.1) is 0 Å². The van der Waals surface area contributed by atoms with Gasteiger partial charge in [-0.1, -0.05) is 58.4 Å². The molecular weight excluding hydrogens is 406 g/mol. The third-order valence-electron chi connectivity index (χ3n) is 4.56. The van der Waals surface area contributed by atoms with Crippen LogP contribution in [0.1, 0.15) is 39.3 Å². The van der Waals surface area contributed by atoms with Gasteiger partial charge in [0.15, 0.2) is 0 Å². The Morgan fingerprint density at radius 1 is 1.04 bits per heavy atom. The van der Waals surface area contributed by atoms with E-state index < -0.39 is 0 Å². The van der Waals surface area contributed by atoms with E-state index in [-0.39, 0.29) is 23.6 Å². The molecule has 3 aromatic rings. The largest absolute Gasteiger partial charge is 0.385 e. The van der Waals surface area contributed by atoms with Crippen molar-refractivity contribution in [3.63, 3.8) is 0 Å².